The lowest BCUT2D eigenvalue weighted by atomic mass is 9.90. The van der Waals surface area contributed by atoms with Crippen molar-refractivity contribution in [3.63, 3.8) is 0 Å². The standard InChI is InChI=1S/C48H34N4/c1-31-11-3-7-15-45(31)52-32(2)36-22-37(24-39(23-36)42-19-33-12-4-8-16-46(33)49-28-42)38-25-40(43-20-34-13-5-9-17-47(34)50-29-43)27-41(26-38)44-21-35-14-6-10-18-48(35)51-30-44/h3-30H,1-2H3/b52-32+. The second kappa shape index (κ2) is 13.2. The van der Waals surface area contributed by atoms with Crippen molar-refractivity contribution in [2.45, 2.75) is 13.8 Å². The van der Waals surface area contributed by atoms with Crippen LogP contribution >= 0.6 is 0 Å². The monoisotopic (exact) mass is 666 g/mol. The van der Waals surface area contributed by atoms with Crippen LogP contribution in [0.15, 0.2) is 175 Å². The van der Waals surface area contributed by atoms with Crippen molar-refractivity contribution >= 4 is 44.1 Å². The fourth-order valence-electron chi connectivity index (χ4n) is 6.92. The highest BCUT2D eigenvalue weighted by molar-refractivity contribution is 6.03. The van der Waals surface area contributed by atoms with Crippen LogP contribution in [0, 0.1) is 6.92 Å². The minimum absolute atomic E-state index is 0.944. The predicted octanol–water partition coefficient (Wildman–Crippen LogP) is 12.4. The molecule has 0 atom stereocenters. The maximum atomic E-state index is 5.12. The number of aliphatic imine (C=N–C) groups is 1. The van der Waals surface area contributed by atoms with Crippen LogP contribution in [0.25, 0.3) is 77.2 Å². The van der Waals surface area contributed by atoms with Gasteiger partial charge in [0.2, 0.25) is 0 Å². The highest BCUT2D eigenvalue weighted by Gasteiger charge is 2.14. The Bertz CT molecular complexity index is 2740. The number of benzene rings is 6. The van der Waals surface area contributed by atoms with Crippen LogP contribution in [-0.2, 0) is 0 Å². The van der Waals surface area contributed by atoms with Gasteiger partial charge < -0.3 is 0 Å². The second-order valence-electron chi connectivity index (χ2n) is 13.3. The zero-order chi connectivity index (χ0) is 35.0. The summed E-state index contributed by atoms with van der Waals surface area (Å²) >= 11 is 0. The SMILES string of the molecule is C/C(=N\c1ccccc1C)c1cc(-c2cc(-c3cnc4ccccc4c3)cc(-c3cnc4ccccc4c3)c2)cc(-c2cnc3ccccc3c2)c1. The van der Waals surface area contributed by atoms with Gasteiger partial charge in [-0.05, 0) is 132 Å². The van der Waals surface area contributed by atoms with Crippen molar-refractivity contribution < 1.29 is 0 Å². The first kappa shape index (κ1) is 31.2. The summed E-state index contributed by atoms with van der Waals surface area (Å²) in [5, 5.41) is 3.32. The second-order valence-corrected chi connectivity index (χ2v) is 13.3. The molecule has 6 aromatic carbocycles. The summed E-state index contributed by atoms with van der Waals surface area (Å²) in [6.45, 7) is 4.20. The van der Waals surface area contributed by atoms with Crippen LogP contribution < -0.4 is 0 Å². The Morgan fingerprint density at radius 1 is 0.404 bits per heavy atom. The van der Waals surface area contributed by atoms with Crippen LogP contribution in [0.3, 0.4) is 0 Å². The van der Waals surface area contributed by atoms with Crippen LogP contribution in [-0.4, -0.2) is 20.7 Å². The molecule has 0 fully saturated rings. The van der Waals surface area contributed by atoms with E-state index in [1.165, 1.54) is 0 Å². The number of fused-ring (bicyclic) bond motifs is 3. The van der Waals surface area contributed by atoms with E-state index in [9.17, 15) is 0 Å². The molecule has 4 heteroatoms. The van der Waals surface area contributed by atoms with Crippen molar-refractivity contribution in [1.82, 2.24) is 15.0 Å². The molecule has 0 spiro atoms. The topological polar surface area (TPSA) is 51.0 Å². The summed E-state index contributed by atoms with van der Waals surface area (Å²) in [4.78, 5) is 19.6. The highest BCUT2D eigenvalue weighted by atomic mass is 14.7. The van der Waals surface area contributed by atoms with Gasteiger partial charge in [0.1, 0.15) is 0 Å². The minimum atomic E-state index is 0.944. The molecule has 0 N–H and O–H groups in total. The van der Waals surface area contributed by atoms with E-state index in [-0.39, 0.29) is 0 Å². The maximum Gasteiger partial charge on any atom is 0.0702 e. The number of nitrogens with zero attached hydrogens (tertiary/aromatic N) is 4. The molecule has 3 heterocycles. The van der Waals surface area contributed by atoms with Gasteiger partial charge in [0.15, 0.2) is 0 Å². The van der Waals surface area contributed by atoms with Gasteiger partial charge in [-0.2, -0.15) is 0 Å². The maximum absolute atomic E-state index is 5.12. The molecular weight excluding hydrogens is 633 g/mol. The zero-order valence-electron chi connectivity index (χ0n) is 29.0. The molecule has 0 aliphatic heterocycles. The molecule has 0 aliphatic rings. The Kier molecular flexibility index (Phi) is 7.90. The quantitative estimate of drug-likeness (QED) is 0.166. The molecule has 9 rings (SSSR count). The predicted molar refractivity (Wildman–Crippen MR) is 217 cm³/mol. The molecule has 246 valence electrons. The lowest BCUT2D eigenvalue weighted by Crippen LogP contribution is -1.97. The first-order chi connectivity index (χ1) is 25.5. The van der Waals surface area contributed by atoms with E-state index < -0.39 is 0 Å². The van der Waals surface area contributed by atoms with Gasteiger partial charge in [-0.3, -0.25) is 19.9 Å². The van der Waals surface area contributed by atoms with Crippen LogP contribution in [0.1, 0.15) is 18.1 Å². The number of pyridine rings is 3. The molecule has 0 amide bonds. The molecule has 0 unspecified atom stereocenters. The van der Waals surface area contributed by atoms with Gasteiger partial charge in [0.05, 0.1) is 22.2 Å². The number of hydrogen-bond acceptors (Lipinski definition) is 4. The summed E-state index contributed by atoms with van der Waals surface area (Å²) in [7, 11) is 0. The fraction of sp³-hybridized carbons (Fsp3) is 0.0417. The minimum Gasteiger partial charge on any atom is -0.256 e. The van der Waals surface area contributed by atoms with Crippen molar-refractivity contribution in [3.05, 3.63) is 181 Å². The van der Waals surface area contributed by atoms with E-state index in [0.29, 0.717) is 0 Å². The number of aryl methyl sites for hydroxylation is 1. The van der Waals surface area contributed by atoms with Crippen molar-refractivity contribution in [2.24, 2.45) is 4.99 Å². The average molecular weight is 667 g/mol. The lowest BCUT2D eigenvalue weighted by Gasteiger charge is -2.15. The van der Waals surface area contributed by atoms with Gasteiger partial charge >= 0.3 is 0 Å². The molecular formula is C48H34N4. The summed E-state index contributed by atoms with van der Waals surface area (Å²) in [5.74, 6) is 0. The normalized spacial score (nSPS) is 11.8. The molecule has 0 aliphatic carbocycles. The first-order valence-electron chi connectivity index (χ1n) is 17.5. The van der Waals surface area contributed by atoms with Gasteiger partial charge in [-0.15, -0.1) is 0 Å². The molecule has 0 saturated carbocycles. The molecule has 9 aromatic rings. The van der Waals surface area contributed by atoms with Gasteiger partial charge in [-0.25, -0.2) is 0 Å². The highest BCUT2D eigenvalue weighted by Crippen LogP contribution is 2.37. The Hall–Kier alpha value is -6.78. The van der Waals surface area contributed by atoms with E-state index in [1.54, 1.807) is 0 Å². The van der Waals surface area contributed by atoms with Crippen LogP contribution in [0.2, 0.25) is 0 Å². The van der Waals surface area contributed by atoms with Crippen molar-refractivity contribution in [2.75, 3.05) is 0 Å². The summed E-state index contributed by atoms with van der Waals surface area (Å²) < 4.78 is 0. The molecule has 52 heavy (non-hydrogen) atoms. The number of aromatic nitrogens is 3. The fourth-order valence-corrected chi connectivity index (χ4v) is 6.92. The third-order valence-corrected chi connectivity index (χ3v) is 9.79. The summed E-state index contributed by atoms with van der Waals surface area (Å²) in [6.07, 6.45) is 5.93. The molecule has 0 radical (unpaired) electrons. The first-order valence-corrected chi connectivity index (χ1v) is 17.5. The van der Waals surface area contributed by atoms with Crippen LogP contribution in [0.5, 0.6) is 0 Å². The number of para-hydroxylation sites is 4. The van der Waals surface area contributed by atoms with E-state index in [0.717, 1.165) is 99.7 Å². The Balaban J connectivity index is 1.27. The van der Waals surface area contributed by atoms with Crippen LogP contribution in [0.4, 0.5) is 5.69 Å². The van der Waals surface area contributed by atoms with E-state index >= 15 is 0 Å². The largest absolute Gasteiger partial charge is 0.256 e. The molecule has 0 saturated heterocycles. The van der Waals surface area contributed by atoms with E-state index in [2.05, 4.69) is 141 Å². The molecule has 4 nitrogen and oxygen atoms in total. The van der Waals surface area contributed by atoms with Gasteiger partial charge in [0, 0.05) is 57.2 Å². The van der Waals surface area contributed by atoms with E-state index in [4.69, 9.17) is 19.9 Å². The average Bonchev–Trinajstić information content (AvgIpc) is 3.20. The smallest absolute Gasteiger partial charge is 0.0702 e. The summed E-state index contributed by atoms with van der Waals surface area (Å²) in [5.41, 5.74) is 15.6. The third-order valence-electron chi connectivity index (χ3n) is 9.79. The molecule has 3 aromatic heterocycles. The van der Waals surface area contributed by atoms with Crippen molar-refractivity contribution in [3.8, 4) is 44.5 Å². The van der Waals surface area contributed by atoms with Gasteiger partial charge in [-0.1, -0.05) is 72.8 Å². The number of rotatable bonds is 6. The Labute approximate surface area is 302 Å². The Morgan fingerprint density at radius 3 is 1.23 bits per heavy atom. The zero-order valence-corrected chi connectivity index (χ0v) is 29.0. The number of hydrogen-bond donors (Lipinski definition) is 0. The van der Waals surface area contributed by atoms with Gasteiger partial charge in [0.25, 0.3) is 0 Å². The third kappa shape index (κ3) is 6.12. The summed E-state index contributed by atoms with van der Waals surface area (Å²) in [6, 6.07) is 53.3. The molecule has 0 bridgehead atoms. The van der Waals surface area contributed by atoms with Crippen molar-refractivity contribution in [1.29, 1.82) is 0 Å². The van der Waals surface area contributed by atoms with E-state index in [1.807, 2.05) is 42.9 Å². The Morgan fingerprint density at radius 2 is 0.769 bits per heavy atom. The lowest BCUT2D eigenvalue weighted by molar-refractivity contribution is 1.38.